The lowest BCUT2D eigenvalue weighted by atomic mass is 10.1. The van der Waals surface area contributed by atoms with Gasteiger partial charge in [0.1, 0.15) is 12.4 Å². The normalized spacial score (nSPS) is 10.6. The van der Waals surface area contributed by atoms with E-state index in [1.165, 1.54) is 11.1 Å². The molecule has 0 heterocycles. The fourth-order valence-corrected chi connectivity index (χ4v) is 2.36. The predicted molar refractivity (Wildman–Crippen MR) is 89.5 cm³/mol. The van der Waals surface area contributed by atoms with Crippen molar-refractivity contribution in [2.75, 3.05) is 13.1 Å². The molecule has 2 rings (SSSR count). The summed E-state index contributed by atoms with van der Waals surface area (Å²) in [5.41, 5.74) is 2.50. The summed E-state index contributed by atoms with van der Waals surface area (Å²) in [4.78, 5) is 0. The number of ether oxygens (including phenoxy) is 1. The minimum absolute atomic E-state index is 0.509. The first kappa shape index (κ1) is 16.2. The van der Waals surface area contributed by atoms with Gasteiger partial charge in [-0.2, -0.15) is 0 Å². The molecule has 2 aromatic rings. The lowest BCUT2D eigenvalue weighted by molar-refractivity contribution is 0.305. The number of benzene rings is 2. The van der Waals surface area contributed by atoms with Crippen molar-refractivity contribution in [2.24, 2.45) is 0 Å². The van der Waals surface area contributed by atoms with Crippen molar-refractivity contribution in [3.63, 3.8) is 0 Å². The monoisotopic (exact) mass is 323 g/mol. The maximum absolute atomic E-state index is 5.99. The number of hydrogen-bond donors (Lipinski definition) is 1. The Kier molecular flexibility index (Phi) is 6.37. The second kappa shape index (κ2) is 8.28. The van der Waals surface area contributed by atoms with E-state index < -0.39 is 0 Å². The molecule has 112 valence electrons. The van der Waals surface area contributed by atoms with Gasteiger partial charge in [0.25, 0.3) is 0 Å². The maximum Gasteiger partial charge on any atom is 0.121 e. The molecule has 0 spiro atoms. The molecule has 0 aliphatic rings. The highest BCUT2D eigenvalue weighted by Gasteiger charge is 2.04. The van der Waals surface area contributed by atoms with Crippen LogP contribution in [0.5, 0.6) is 5.75 Å². The molecular weight excluding hydrogens is 305 g/mol. The van der Waals surface area contributed by atoms with E-state index in [-0.39, 0.29) is 0 Å². The number of rotatable bonds is 7. The third-order valence-corrected chi connectivity index (χ3v) is 3.96. The van der Waals surface area contributed by atoms with Gasteiger partial charge in [0.2, 0.25) is 0 Å². The Balaban J connectivity index is 2.00. The molecule has 0 saturated heterocycles. The summed E-state index contributed by atoms with van der Waals surface area (Å²) in [6.07, 6.45) is 0.995. The lowest BCUT2D eigenvalue weighted by Gasteiger charge is -2.12. The van der Waals surface area contributed by atoms with Crippen LogP contribution in [-0.4, -0.2) is 13.1 Å². The molecule has 0 saturated carbocycles. The van der Waals surface area contributed by atoms with E-state index in [0.717, 1.165) is 25.3 Å². The Morgan fingerprint density at radius 1 is 1.00 bits per heavy atom. The van der Waals surface area contributed by atoms with Crippen molar-refractivity contribution in [3.8, 4) is 5.75 Å². The van der Waals surface area contributed by atoms with E-state index in [0.29, 0.717) is 16.7 Å². The SMILES string of the molecule is CCNCCc1ccccc1COc1ccc(Cl)c(Cl)c1. The zero-order valence-corrected chi connectivity index (χ0v) is 13.5. The van der Waals surface area contributed by atoms with Crippen molar-refractivity contribution < 1.29 is 4.74 Å². The molecule has 0 bridgehead atoms. The zero-order chi connectivity index (χ0) is 15.1. The van der Waals surface area contributed by atoms with Gasteiger partial charge in [-0.15, -0.1) is 0 Å². The van der Waals surface area contributed by atoms with Crippen LogP contribution >= 0.6 is 23.2 Å². The molecule has 0 fully saturated rings. The van der Waals surface area contributed by atoms with Gasteiger partial charge in [-0.1, -0.05) is 54.4 Å². The fraction of sp³-hybridized carbons (Fsp3) is 0.294. The third kappa shape index (κ3) is 4.92. The van der Waals surface area contributed by atoms with Crippen molar-refractivity contribution in [1.29, 1.82) is 0 Å². The minimum Gasteiger partial charge on any atom is -0.489 e. The summed E-state index contributed by atoms with van der Waals surface area (Å²) in [5, 5.41) is 4.38. The Bertz CT molecular complexity index is 587. The van der Waals surface area contributed by atoms with Gasteiger partial charge < -0.3 is 10.1 Å². The van der Waals surface area contributed by atoms with Crippen molar-refractivity contribution in [2.45, 2.75) is 20.0 Å². The summed E-state index contributed by atoms with van der Waals surface area (Å²) in [6.45, 7) is 4.60. The molecule has 0 aliphatic carbocycles. The first-order valence-electron chi connectivity index (χ1n) is 7.06. The second-order valence-corrected chi connectivity index (χ2v) is 5.55. The van der Waals surface area contributed by atoms with E-state index in [9.17, 15) is 0 Å². The molecule has 0 amide bonds. The topological polar surface area (TPSA) is 21.3 Å². The number of likely N-dealkylation sites (N-methyl/N-ethyl adjacent to an activating group) is 1. The number of hydrogen-bond acceptors (Lipinski definition) is 2. The van der Waals surface area contributed by atoms with Crippen molar-refractivity contribution >= 4 is 23.2 Å². The largest absolute Gasteiger partial charge is 0.489 e. The minimum atomic E-state index is 0.509. The Labute approximate surface area is 136 Å². The molecule has 2 aromatic carbocycles. The molecule has 0 aliphatic heterocycles. The summed E-state index contributed by atoms with van der Waals surface area (Å²) < 4.78 is 5.81. The summed E-state index contributed by atoms with van der Waals surface area (Å²) in [5.74, 6) is 0.728. The fourth-order valence-electron chi connectivity index (χ4n) is 2.07. The Hall–Kier alpha value is -1.22. The van der Waals surface area contributed by atoms with E-state index in [1.54, 1.807) is 12.1 Å². The Morgan fingerprint density at radius 3 is 2.48 bits per heavy atom. The third-order valence-electron chi connectivity index (χ3n) is 3.22. The van der Waals surface area contributed by atoms with Gasteiger partial charge in [0.15, 0.2) is 0 Å². The standard InChI is InChI=1S/C17H19Cl2NO/c1-2-20-10-9-13-5-3-4-6-14(13)12-21-15-7-8-16(18)17(19)11-15/h3-8,11,20H,2,9-10,12H2,1H3. The van der Waals surface area contributed by atoms with Crippen LogP contribution in [0.4, 0.5) is 0 Å². The first-order valence-corrected chi connectivity index (χ1v) is 7.81. The molecule has 21 heavy (non-hydrogen) atoms. The first-order chi connectivity index (χ1) is 10.2. The highest BCUT2D eigenvalue weighted by molar-refractivity contribution is 6.42. The van der Waals surface area contributed by atoms with Crippen molar-refractivity contribution in [1.82, 2.24) is 5.32 Å². The molecule has 0 atom stereocenters. The van der Waals surface area contributed by atoms with Crippen LogP contribution in [0, 0.1) is 0 Å². The van der Waals surface area contributed by atoms with E-state index in [4.69, 9.17) is 27.9 Å². The van der Waals surface area contributed by atoms with Crippen LogP contribution < -0.4 is 10.1 Å². The zero-order valence-electron chi connectivity index (χ0n) is 12.0. The lowest BCUT2D eigenvalue weighted by Crippen LogP contribution is -2.17. The number of halogens is 2. The number of nitrogens with one attached hydrogen (secondary N) is 1. The molecule has 0 radical (unpaired) electrons. The van der Waals surface area contributed by atoms with Gasteiger partial charge in [-0.05, 0) is 42.8 Å². The van der Waals surface area contributed by atoms with Crippen LogP contribution in [-0.2, 0) is 13.0 Å². The average molecular weight is 324 g/mol. The van der Waals surface area contributed by atoms with Gasteiger partial charge >= 0.3 is 0 Å². The summed E-state index contributed by atoms with van der Waals surface area (Å²) >= 11 is 11.9. The summed E-state index contributed by atoms with van der Waals surface area (Å²) in [6, 6.07) is 13.6. The Morgan fingerprint density at radius 2 is 1.76 bits per heavy atom. The van der Waals surface area contributed by atoms with E-state index >= 15 is 0 Å². The molecule has 2 nitrogen and oxygen atoms in total. The highest BCUT2D eigenvalue weighted by atomic mass is 35.5. The van der Waals surface area contributed by atoms with Gasteiger partial charge in [0, 0.05) is 6.07 Å². The van der Waals surface area contributed by atoms with Crippen LogP contribution in [0.25, 0.3) is 0 Å². The molecule has 4 heteroatoms. The molecule has 1 N–H and O–H groups in total. The molecule has 0 aromatic heterocycles. The van der Waals surface area contributed by atoms with Crippen LogP contribution in [0.15, 0.2) is 42.5 Å². The predicted octanol–water partition coefficient (Wildman–Crippen LogP) is 4.72. The quantitative estimate of drug-likeness (QED) is 0.744. The maximum atomic E-state index is 5.99. The summed E-state index contributed by atoms with van der Waals surface area (Å²) in [7, 11) is 0. The van der Waals surface area contributed by atoms with Gasteiger partial charge in [-0.3, -0.25) is 0 Å². The van der Waals surface area contributed by atoms with Crippen LogP contribution in [0.3, 0.4) is 0 Å². The highest BCUT2D eigenvalue weighted by Crippen LogP contribution is 2.27. The second-order valence-electron chi connectivity index (χ2n) is 4.74. The van der Waals surface area contributed by atoms with Crippen molar-refractivity contribution in [3.05, 3.63) is 63.6 Å². The smallest absolute Gasteiger partial charge is 0.121 e. The molecular formula is C17H19Cl2NO. The van der Waals surface area contributed by atoms with Crippen LogP contribution in [0.2, 0.25) is 10.0 Å². The molecule has 0 unspecified atom stereocenters. The van der Waals surface area contributed by atoms with Crippen LogP contribution in [0.1, 0.15) is 18.1 Å². The van der Waals surface area contributed by atoms with E-state index in [1.807, 2.05) is 12.1 Å². The van der Waals surface area contributed by atoms with Gasteiger partial charge in [0.05, 0.1) is 10.0 Å². The van der Waals surface area contributed by atoms with Gasteiger partial charge in [-0.25, -0.2) is 0 Å². The van der Waals surface area contributed by atoms with E-state index in [2.05, 4.69) is 30.4 Å². The average Bonchev–Trinajstić information content (AvgIpc) is 2.50.